The minimum absolute atomic E-state index is 0.135. The molecule has 0 saturated heterocycles. The van der Waals surface area contributed by atoms with Gasteiger partial charge in [0.05, 0.1) is 16.9 Å². The van der Waals surface area contributed by atoms with Crippen LogP contribution in [-0.4, -0.2) is 26.9 Å². The van der Waals surface area contributed by atoms with Gasteiger partial charge >= 0.3 is 0 Å². The quantitative estimate of drug-likeness (QED) is 0.333. The van der Waals surface area contributed by atoms with Gasteiger partial charge in [-0.1, -0.05) is 70.4 Å². The van der Waals surface area contributed by atoms with Crippen molar-refractivity contribution in [2.45, 2.75) is 91.0 Å². The van der Waals surface area contributed by atoms with Crippen molar-refractivity contribution in [2.24, 2.45) is 7.05 Å². The molecule has 0 aliphatic heterocycles. The average Bonchev–Trinajstić information content (AvgIpc) is 2.76. The molecule has 0 fully saturated rings. The molecular formula is C25H38ClN3O2. The Morgan fingerprint density at radius 2 is 1.71 bits per heavy atom. The highest BCUT2D eigenvalue weighted by Crippen LogP contribution is 2.23. The molecule has 31 heavy (non-hydrogen) atoms. The van der Waals surface area contributed by atoms with Crippen molar-refractivity contribution in [3.63, 3.8) is 0 Å². The van der Waals surface area contributed by atoms with Gasteiger partial charge in [0, 0.05) is 25.0 Å². The van der Waals surface area contributed by atoms with Crippen molar-refractivity contribution in [2.75, 3.05) is 6.54 Å². The fraction of sp³-hybridized carbons (Fsp3) is 0.640. The first-order chi connectivity index (χ1) is 14.9. The molecule has 0 bridgehead atoms. The summed E-state index contributed by atoms with van der Waals surface area (Å²) < 4.78 is 1.56. The van der Waals surface area contributed by atoms with E-state index >= 15 is 0 Å². The van der Waals surface area contributed by atoms with Crippen LogP contribution in [-0.2, 0) is 11.8 Å². The lowest BCUT2D eigenvalue weighted by Gasteiger charge is -2.30. The fourth-order valence-electron chi connectivity index (χ4n) is 4.01. The van der Waals surface area contributed by atoms with Crippen LogP contribution in [0, 0.1) is 0 Å². The number of unbranched alkanes of at least 4 members (excludes halogenated alkanes) is 7. The number of fused-ring (bicyclic) bond motifs is 1. The monoisotopic (exact) mass is 447 g/mol. The maximum Gasteiger partial charge on any atom is 0.261 e. The molecule has 172 valence electrons. The highest BCUT2D eigenvalue weighted by molar-refractivity contribution is 6.31. The maximum atomic E-state index is 13.1. The van der Waals surface area contributed by atoms with Gasteiger partial charge in [-0.3, -0.25) is 14.2 Å². The van der Waals surface area contributed by atoms with Crippen molar-refractivity contribution in [3.05, 3.63) is 39.4 Å². The number of halogens is 1. The minimum Gasteiger partial charge on any atom is -0.333 e. The van der Waals surface area contributed by atoms with Gasteiger partial charge in [-0.15, -0.1) is 0 Å². The number of hydrogen-bond acceptors (Lipinski definition) is 3. The summed E-state index contributed by atoms with van der Waals surface area (Å²) in [4.78, 5) is 32.6. The van der Waals surface area contributed by atoms with Crippen LogP contribution in [0.1, 0.15) is 96.8 Å². The molecule has 1 amide bonds. The van der Waals surface area contributed by atoms with E-state index in [1.54, 1.807) is 29.8 Å². The molecule has 0 N–H and O–H groups in total. The largest absolute Gasteiger partial charge is 0.333 e. The second-order valence-corrected chi connectivity index (χ2v) is 8.92. The van der Waals surface area contributed by atoms with E-state index in [1.165, 1.54) is 32.1 Å². The zero-order valence-corrected chi connectivity index (χ0v) is 20.4. The van der Waals surface area contributed by atoms with Crippen molar-refractivity contribution >= 4 is 28.4 Å². The number of carbonyl (C=O) groups excluding carboxylic acids is 1. The number of benzene rings is 1. The van der Waals surface area contributed by atoms with Gasteiger partial charge in [-0.2, -0.15) is 0 Å². The third-order valence-electron chi connectivity index (χ3n) is 5.98. The van der Waals surface area contributed by atoms with Crippen LogP contribution in [0.5, 0.6) is 0 Å². The van der Waals surface area contributed by atoms with Crippen LogP contribution in [0.4, 0.5) is 0 Å². The van der Waals surface area contributed by atoms with Gasteiger partial charge in [-0.25, -0.2) is 4.98 Å². The van der Waals surface area contributed by atoms with E-state index in [0.29, 0.717) is 34.7 Å². The van der Waals surface area contributed by atoms with Gasteiger partial charge in [0.25, 0.3) is 5.56 Å². The van der Waals surface area contributed by atoms with Crippen LogP contribution >= 0.6 is 11.6 Å². The van der Waals surface area contributed by atoms with Crippen LogP contribution in [0.15, 0.2) is 23.0 Å². The predicted molar refractivity (Wildman–Crippen MR) is 130 cm³/mol. The molecule has 0 radical (unpaired) electrons. The molecule has 6 heteroatoms. The van der Waals surface area contributed by atoms with Gasteiger partial charge in [-0.05, 0) is 38.0 Å². The lowest BCUT2D eigenvalue weighted by molar-refractivity contribution is -0.133. The smallest absolute Gasteiger partial charge is 0.261 e. The number of amides is 1. The fourth-order valence-corrected chi connectivity index (χ4v) is 4.19. The van der Waals surface area contributed by atoms with Crippen LogP contribution in [0.25, 0.3) is 10.9 Å². The molecule has 1 heterocycles. The molecule has 0 aliphatic carbocycles. The second-order valence-electron chi connectivity index (χ2n) is 8.48. The first-order valence-electron chi connectivity index (χ1n) is 11.9. The molecule has 1 unspecified atom stereocenters. The Kier molecular flexibility index (Phi) is 10.5. The normalized spacial score (nSPS) is 12.3. The number of rotatable bonds is 13. The van der Waals surface area contributed by atoms with E-state index in [-0.39, 0.29) is 17.5 Å². The summed E-state index contributed by atoms with van der Waals surface area (Å²) in [6, 6.07) is 4.90. The Hall–Kier alpha value is -1.88. The predicted octanol–water partition coefficient (Wildman–Crippen LogP) is 6.42. The van der Waals surface area contributed by atoms with Gasteiger partial charge in [0.15, 0.2) is 0 Å². The Bertz CT molecular complexity index is 910. The number of carbonyl (C=O) groups is 1. The van der Waals surface area contributed by atoms with E-state index in [4.69, 9.17) is 16.6 Å². The standard InChI is InChI=1S/C25H38ClN3O2/c1-5-7-9-10-11-12-13-14-23(30)29(17-8-6-2)19(3)24-27-22-16-15-20(26)18-21(22)25(31)28(24)4/h15-16,18-19H,5-14,17H2,1-4H3. The Balaban J connectivity index is 2.14. The first-order valence-corrected chi connectivity index (χ1v) is 12.2. The third-order valence-corrected chi connectivity index (χ3v) is 6.22. The van der Waals surface area contributed by atoms with E-state index in [1.807, 2.05) is 11.8 Å². The molecular weight excluding hydrogens is 410 g/mol. The number of nitrogens with zero attached hydrogens (tertiary/aromatic N) is 3. The molecule has 1 aromatic heterocycles. The number of aromatic nitrogens is 2. The summed E-state index contributed by atoms with van der Waals surface area (Å²) in [5.41, 5.74) is 0.480. The van der Waals surface area contributed by atoms with Gasteiger partial charge < -0.3 is 4.90 Å². The minimum atomic E-state index is -0.263. The zero-order chi connectivity index (χ0) is 22.8. The molecule has 0 spiro atoms. The average molecular weight is 448 g/mol. The zero-order valence-electron chi connectivity index (χ0n) is 19.6. The SMILES string of the molecule is CCCCCCCCCC(=O)N(CCCC)C(C)c1nc2ccc(Cl)cc2c(=O)n1C. The molecule has 2 aromatic rings. The molecule has 0 saturated carbocycles. The maximum absolute atomic E-state index is 13.1. The van der Waals surface area contributed by atoms with Crippen LogP contribution in [0.2, 0.25) is 5.02 Å². The highest BCUT2D eigenvalue weighted by Gasteiger charge is 2.24. The summed E-state index contributed by atoms with van der Waals surface area (Å²) in [6.45, 7) is 7.00. The van der Waals surface area contributed by atoms with E-state index in [2.05, 4.69) is 13.8 Å². The topological polar surface area (TPSA) is 55.2 Å². The van der Waals surface area contributed by atoms with E-state index < -0.39 is 0 Å². The van der Waals surface area contributed by atoms with E-state index in [9.17, 15) is 9.59 Å². The van der Waals surface area contributed by atoms with Crippen LogP contribution < -0.4 is 5.56 Å². The second kappa shape index (κ2) is 12.8. The third kappa shape index (κ3) is 7.06. The van der Waals surface area contributed by atoms with Crippen LogP contribution in [0.3, 0.4) is 0 Å². The summed E-state index contributed by atoms with van der Waals surface area (Å²) in [6.07, 6.45) is 10.8. The molecule has 2 rings (SSSR count). The lowest BCUT2D eigenvalue weighted by Crippen LogP contribution is -2.37. The summed E-state index contributed by atoms with van der Waals surface area (Å²) in [5, 5.41) is 1.02. The number of hydrogen-bond donors (Lipinski definition) is 0. The highest BCUT2D eigenvalue weighted by atomic mass is 35.5. The molecule has 0 aliphatic rings. The van der Waals surface area contributed by atoms with Crippen molar-refractivity contribution in [1.29, 1.82) is 0 Å². The van der Waals surface area contributed by atoms with Crippen molar-refractivity contribution in [3.8, 4) is 0 Å². The molecule has 1 aromatic carbocycles. The van der Waals surface area contributed by atoms with E-state index in [0.717, 1.165) is 25.7 Å². The van der Waals surface area contributed by atoms with Gasteiger partial charge in [0.2, 0.25) is 5.91 Å². The Morgan fingerprint density at radius 3 is 2.39 bits per heavy atom. The summed E-state index contributed by atoms with van der Waals surface area (Å²) in [7, 11) is 1.72. The summed E-state index contributed by atoms with van der Waals surface area (Å²) in [5.74, 6) is 0.767. The molecule has 5 nitrogen and oxygen atoms in total. The van der Waals surface area contributed by atoms with Crippen molar-refractivity contribution in [1.82, 2.24) is 14.5 Å². The summed E-state index contributed by atoms with van der Waals surface area (Å²) >= 11 is 6.06. The Labute approximate surface area is 191 Å². The Morgan fingerprint density at radius 1 is 1.06 bits per heavy atom. The first kappa shape index (κ1) is 25.4. The lowest BCUT2D eigenvalue weighted by atomic mass is 10.1. The van der Waals surface area contributed by atoms with Crippen molar-refractivity contribution < 1.29 is 4.79 Å². The van der Waals surface area contributed by atoms with Gasteiger partial charge in [0.1, 0.15) is 5.82 Å². The molecule has 1 atom stereocenters.